The van der Waals surface area contributed by atoms with E-state index in [4.69, 9.17) is 4.74 Å². The predicted molar refractivity (Wildman–Crippen MR) is 50.1 cm³/mol. The number of hydrogen-bond acceptors (Lipinski definition) is 1. The molecule has 0 bridgehead atoms. The van der Waals surface area contributed by atoms with Gasteiger partial charge in [0.2, 0.25) is 0 Å². The van der Waals surface area contributed by atoms with E-state index in [1.165, 1.54) is 32.1 Å². The summed E-state index contributed by atoms with van der Waals surface area (Å²) in [6.45, 7) is 1.86. The van der Waals surface area contributed by atoms with Crippen molar-refractivity contribution in [3.05, 3.63) is 11.6 Å². The van der Waals surface area contributed by atoms with Gasteiger partial charge in [0.15, 0.2) is 0 Å². The van der Waals surface area contributed by atoms with Crippen molar-refractivity contribution >= 4 is 0 Å². The molecule has 2 aliphatic rings. The molecule has 1 saturated carbocycles. The molecule has 68 valence electrons. The Labute approximate surface area is 74.8 Å². The minimum atomic E-state index is 0.874. The lowest BCUT2D eigenvalue weighted by Crippen LogP contribution is -2.16. The van der Waals surface area contributed by atoms with E-state index in [0.717, 1.165) is 25.6 Å². The van der Waals surface area contributed by atoms with Crippen LogP contribution in [0.3, 0.4) is 0 Å². The average molecular weight is 166 g/mol. The molecule has 0 aromatic carbocycles. The topological polar surface area (TPSA) is 9.23 Å². The highest BCUT2D eigenvalue weighted by molar-refractivity contribution is 5.09. The molecule has 1 nitrogen and oxygen atoms in total. The Hall–Kier alpha value is -0.300. The molecule has 0 atom stereocenters. The van der Waals surface area contributed by atoms with Gasteiger partial charge < -0.3 is 4.74 Å². The van der Waals surface area contributed by atoms with Crippen LogP contribution in [0.1, 0.15) is 38.5 Å². The summed E-state index contributed by atoms with van der Waals surface area (Å²) in [7, 11) is 0. The highest BCUT2D eigenvalue weighted by Crippen LogP contribution is 2.30. The van der Waals surface area contributed by atoms with Crippen LogP contribution in [-0.2, 0) is 4.74 Å². The molecule has 0 unspecified atom stereocenters. The van der Waals surface area contributed by atoms with Gasteiger partial charge in [0.1, 0.15) is 0 Å². The molecular formula is C11H18O. The summed E-state index contributed by atoms with van der Waals surface area (Å²) in [6, 6.07) is 0. The van der Waals surface area contributed by atoms with E-state index >= 15 is 0 Å². The number of rotatable bonds is 1. The minimum Gasteiger partial charge on any atom is -0.377 e. The maximum absolute atomic E-state index is 5.47. The summed E-state index contributed by atoms with van der Waals surface area (Å²) in [5, 5.41) is 0. The molecule has 0 aromatic rings. The summed E-state index contributed by atoms with van der Waals surface area (Å²) < 4.78 is 5.47. The van der Waals surface area contributed by atoms with E-state index in [2.05, 4.69) is 6.08 Å². The van der Waals surface area contributed by atoms with Gasteiger partial charge in [-0.25, -0.2) is 0 Å². The third-order valence-electron chi connectivity index (χ3n) is 3.07. The van der Waals surface area contributed by atoms with Crippen LogP contribution in [0.2, 0.25) is 0 Å². The molecule has 12 heavy (non-hydrogen) atoms. The molecule has 2 rings (SSSR count). The average Bonchev–Trinajstić information content (AvgIpc) is 2.21. The van der Waals surface area contributed by atoms with Crippen LogP contribution in [0.5, 0.6) is 0 Å². The Morgan fingerprint density at radius 1 is 1.17 bits per heavy atom. The fourth-order valence-electron chi connectivity index (χ4n) is 2.33. The van der Waals surface area contributed by atoms with Gasteiger partial charge >= 0.3 is 0 Å². The van der Waals surface area contributed by atoms with E-state index < -0.39 is 0 Å². The van der Waals surface area contributed by atoms with Gasteiger partial charge in [-0.15, -0.1) is 0 Å². The van der Waals surface area contributed by atoms with Crippen LogP contribution in [0.25, 0.3) is 0 Å². The van der Waals surface area contributed by atoms with Crippen molar-refractivity contribution in [2.45, 2.75) is 38.5 Å². The first-order chi connectivity index (χ1) is 5.97. The summed E-state index contributed by atoms with van der Waals surface area (Å²) >= 11 is 0. The van der Waals surface area contributed by atoms with E-state index in [-0.39, 0.29) is 0 Å². The van der Waals surface area contributed by atoms with Gasteiger partial charge in [0.05, 0.1) is 13.2 Å². The standard InChI is InChI=1S/C11H18O/c1-2-5-10(6-3-1)11-7-4-8-12-9-11/h7,10H,1-6,8-9H2. The van der Waals surface area contributed by atoms with E-state index in [1.807, 2.05) is 0 Å². The molecule has 1 heterocycles. The lowest BCUT2D eigenvalue weighted by molar-refractivity contribution is 0.138. The lowest BCUT2D eigenvalue weighted by atomic mass is 9.83. The maximum Gasteiger partial charge on any atom is 0.0679 e. The quantitative estimate of drug-likeness (QED) is 0.544. The predicted octanol–water partition coefficient (Wildman–Crippen LogP) is 2.91. The van der Waals surface area contributed by atoms with E-state index in [1.54, 1.807) is 5.57 Å². The molecule has 1 aliphatic carbocycles. The van der Waals surface area contributed by atoms with Crippen molar-refractivity contribution in [3.63, 3.8) is 0 Å². The highest BCUT2D eigenvalue weighted by Gasteiger charge is 2.18. The van der Waals surface area contributed by atoms with Crippen molar-refractivity contribution < 1.29 is 4.74 Å². The second kappa shape index (κ2) is 4.08. The first-order valence-electron chi connectivity index (χ1n) is 5.23. The Bertz CT molecular complexity index is 166. The molecule has 0 saturated heterocycles. The van der Waals surface area contributed by atoms with Crippen LogP contribution < -0.4 is 0 Å². The molecular weight excluding hydrogens is 148 g/mol. The molecule has 0 N–H and O–H groups in total. The van der Waals surface area contributed by atoms with Gasteiger partial charge in [0.25, 0.3) is 0 Å². The number of hydrogen-bond donors (Lipinski definition) is 0. The van der Waals surface area contributed by atoms with Crippen LogP contribution >= 0.6 is 0 Å². The zero-order valence-electron chi connectivity index (χ0n) is 7.72. The molecule has 1 aliphatic heterocycles. The summed E-state index contributed by atoms with van der Waals surface area (Å²) in [4.78, 5) is 0. The van der Waals surface area contributed by atoms with Gasteiger partial charge in [-0.3, -0.25) is 0 Å². The van der Waals surface area contributed by atoms with E-state index in [9.17, 15) is 0 Å². The van der Waals surface area contributed by atoms with Crippen molar-refractivity contribution in [2.24, 2.45) is 5.92 Å². The summed E-state index contributed by atoms with van der Waals surface area (Å²) in [5.74, 6) is 0.874. The molecule has 0 amide bonds. The molecule has 0 aromatic heterocycles. The second-order valence-electron chi connectivity index (χ2n) is 3.96. The fourth-order valence-corrected chi connectivity index (χ4v) is 2.33. The van der Waals surface area contributed by atoms with Crippen molar-refractivity contribution in [2.75, 3.05) is 13.2 Å². The van der Waals surface area contributed by atoms with Gasteiger partial charge in [-0.2, -0.15) is 0 Å². The molecule has 1 fully saturated rings. The molecule has 1 heteroatoms. The Morgan fingerprint density at radius 3 is 2.67 bits per heavy atom. The third kappa shape index (κ3) is 1.89. The SMILES string of the molecule is C1=C(C2CCCCC2)COCC1. The molecule has 0 spiro atoms. The van der Waals surface area contributed by atoms with E-state index in [0.29, 0.717) is 0 Å². The maximum atomic E-state index is 5.47. The highest BCUT2D eigenvalue weighted by atomic mass is 16.5. The van der Waals surface area contributed by atoms with Gasteiger partial charge in [-0.1, -0.05) is 25.3 Å². The summed E-state index contributed by atoms with van der Waals surface area (Å²) in [6.07, 6.45) is 10.7. The van der Waals surface area contributed by atoms with Crippen LogP contribution in [0, 0.1) is 5.92 Å². The van der Waals surface area contributed by atoms with Crippen LogP contribution in [0.15, 0.2) is 11.6 Å². The summed E-state index contributed by atoms with van der Waals surface area (Å²) in [5.41, 5.74) is 1.60. The zero-order chi connectivity index (χ0) is 8.23. The normalized spacial score (nSPS) is 26.8. The monoisotopic (exact) mass is 166 g/mol. The van der Waals surface area contributed by atoms with Crippen molar-refractivity contribution in [1.82, 2.24) is 0 Å². The fraction of sp³-hybridized carbons (Fsp3) is 0.818. The molecule has 0 radical (unpaired) electrons. The third-order valence-corrected chi connectivity index (χ3v) is 3.07. The Kier molecular flexibility index (Phi) is 2.83. The van der Waals surface area contributed by atoms with Gasteiger partial charge in [-0.05, 0) is 30.8 Å². The minimum absolute atomic E-state index is 0.874. The van der Waals surface area contributed by atoms with Crippen LogP contribution in [0.4, 0.5) is 0 Å². The van der Waals surface area contributed by atoms with Gasteiger partial charge in [0, 0.05) is 0 Å². The smallest absolute Gasteiger partial charge is 0.0679 e. The van der Waals surface area contributed by atoms with Crippen molar-refractivity contribution in [1.29, 1.82) is 0 Å². The largest absolute Gasteiger partial charge is 0.377 e. The second-order valence-corrected chi connectivity index (χ2v) is 3.96. The lowest BCUT2D eigenvalue weighted by Gasteiger charge is -2.26. The van der Waals surface area contributed by atoms with Crippen LogP contribution in [-0.4, -0.2) is 13.2 Å². The Balaban J connectivity index is 1.92. The zero-order valence-corrected chi connectivity index (χ0v) is 7.72. The first kappa shape index (κ1) is 8.31. The Morgan fingerprint density at radius 2 is 2.00 bits per heavy atom. The number of ether oxygens (including phenoxy) is 1. The van der Waals surface area contributed by atoms with Crippen molar-refractivity contribution in [3.8, 4) is 0 Å². The first-order valence-corrected chi connectivity index (χ1v) is 5.23.